The smallest absolute Gasteiger partial charge is 0.222 e. The molecule has 1 heterocycles. The standard InChI is InChI=1S/C9H8BrNO/c10-7-3-1-6(2-4-7)8-5-9(12)11-8/h1-4,8H,5H2,(H,11,12). The molecule has 1 aliphatic rings. The largest absolute Gasteiger partial charge is 0.349 e. The van der Waals surface area contributed by atoms with Crippen LogP contribution in [0, 0.1) is 0 Å². The molecular formula is C9H8BrNO. The average Bonchev–Trinajstić information content (AvgIpc) is 2.01. The zero-order valence-electron chi connectivity index (χ0n) is 6.38. The van der Waals surface area contributed by atoms with Gasteiger partial charge in [-0.05, 0) is 17.7 Å². The van der Waals surface area contributed by atoms with Crippen molar-refractivity contribution in [3.63, 3.8) is 0 Å². The normalized spacial score (nSPS) is 21.4. The number of halogens is 1. The fraction of sp³-hybridized carbons (Fsp3) is 0.222. The van der Waals surface area contributed by atoms with Crippen LogP contribution in [0.2, 0.25) is 0 Å². The van der Waals surface area contributed by atoms with Crippen LogP contribution in [-0.4, -0.2) is 5.91 Å². The lowest BCUT2D eigenvalue weighted by molar-refractivity contribution is -0.128. The lowest BCUT2D eigenvalue weighted by Gasteiger charge is -2.27. The molecule has 62 valence electrons. The lowest BCUT2D eigenvalue weighted by Crippen LogP contribution is -2.41. The molecule has 1 saturated heterocycles. The van der Waals surface area contributed by atoms with Crippen molar-refractivity contribution < 1.29 is 4.79 Å². The maximum atomic E-state index is 10.6. The van der Waals surface area contributed by atoms with Gasteiger partial charge in [-0.1, -0.05) is 28.1 Å². The summed E-state index contributed by atoms with van der Waals surface area (Å²) in [6.45, 7) is 0. The van der Waals surface area contributed by atoms with Crippen LogP contribution in [0.1, 0.15) is 18.0 Å². The van der Waals surface area contributed by atoms with Crippen molar-refractivity contribution >= 4 is 21.8 Å². The molecule has 0 spiro atoms. The van der Waals surface area contributed by atoms with Crippen LogP contribution in [-0.2, 0) is 4.79 Å². The molecular weight excluding hydrogens is 218 g/mol. The summed E-state index contributed by atoms with van der Waals surface area (Å²) in [6, 6.07) is 8.26. The second-order valence-corrected chi connectivity index (χ2v) is 3.79. The van der Waals surface area contributed by atoms with Crippen LogP contribution in [0.25, 0.3) is 0 Å². The van der Waals surface area contributed by atoms with E-state index in [9.17, 15) is 4.79 Å². The summed E-state index contributed by atoms with van der Waals surface area (Å²) in [5, 5.41) is 2.82. The summed E-state index contributed by atoms with van der Waals surface area (Å²) in [4.78, 5) is 10.6. The van der Waals surface area contributed by atoms with Crippen LogP contribution in [0.3, 0.4) is 0 Å². The van der Waals surface area contributed by atoms with Crippen LogP contribution < -0.4 is 5.32 Å². The Morgan fingerprint density at radius 2 is 1.92 bits per heavy atom. The minimum absolute atomic E-state index is 0.142. The summed E-state index contributed by atoms with van der Waals surface area (Å²) in [5.74, 6) is 0.142. The fourth-order valence-electron chi connectivity index (χ4n) is 1.25. The number of carbonyl (C=O) groups is 1. The molecule has 0 aliphatic carbocycles. The third kappa shape index (κ3) is 1.37. The van der Waals surface area contributed by atoms with Crippen LogP contribution in [0.15, 0.2) is 28.7 Å². The van der Waals surface area contributed by atoms with Gasteiger partial charge in [-0.15, -0.1) is 0 Å². The molecule has 1 aromatic carbocycles. The molecule has 0 radical (unpaired) electrons. The van der Waals surface area contributed by atoms with Gasteiger partial charge in [0.05, 0.1) is 12.5 Å². The first kappa shape index (κ1) is 7.80. The zero-order valence-corrected chi connectivity index (χ0v) is 7.97. The lowest BCUT2D eigenvalue weighted by atomic mass is 9.98. The third-order valence-corrected chi connectivity index (χ3v) is 2.53. The highest BCUT2D eigenvalue weighted by Crippen LogP contribution is 2.24. The van der Waals surface area contributed by atoms with Gasteiger partial charge in [0, 0.05) is 4.47 Å². The SMILES string of the molecule is O=C1CC(c2ccc(Br)cc2)N1. The van der Waals surface area contributed by atoms with E-state index < -0.39 is 0 Å². The Kier molecular flexibility index (Phi) is 1.89. The Balaban J connectivity index is 2.14. The second kappa shape index (κ2) is 2.90. The molecule has 2 nitrogen and oxygen atoms in total. The van der Waals surface area contributed by atoms with Gasteiger partial charge in [0.25, 0.3) is 0 Å². The molecule has 2 rings (SSSR count). The van der Waals surface area contributed by atoms with Crippen molar-refractivity contribution in [1.82, 2.24) is 5.32 Å². The van der Waals surface area contributed by atoms with Gasteiger partial charge >= 0.3 is 0 Å². The molecule has 1 atom stereocenters. The maximum absolute atomic E-state index is 10.6. The molecule has 1 aromatic rings. The highest BCUT2D eigenvalue weighted by molar-refractivity contribution is 9.10. The minimum Gasteiger partial charge on any atom is -0.349 e. The minimum atomic E-state index is 0.142. The summed E-state index contributed by atoms with van der Waals surface area (Å²) in [7, 11) is 0. The van der Waals surface area contributed by atoms with Crippen molar-refractivity contribution in [3.8, 4) is 0 Å². The molecule has 0 bridgehead atoms. The van der Waals surface area contributed by atoms with Gasteiger partial charge in [-0.2, -0.15) is 0 Å². The number of hydrogen-bond donors (Lipinski definition) is 1. The first-order chi connectivity index (χ1) is 5.75. The first-order valence-corrected chi connectivity index (χ1v) is 4.60. The van der Waals surface area contributed by atoms with Gasteiger partial charge in [-0.25, -0.2) is 0 Å². The molecule has 0 aromatic heterocycles. The Hall–Kier alpha value is -0.830. The summed E-state index contributed by atoms with van der Waals surface area (Å²) in [6.07, 6.45) is 0.627. The van der Waals surface area contributed by atoms with Crippen molar-refractivity contribution in [2.24, 2.45) is 0 Å². The number of amides is 1. The van der Waals surface area contributed by atoms with Crippen molar-refractivity contribution in [3.05, 3.63) is 34.3 Å². The highest BCUT2D eigenvalue weighted by atomic mass is 79.9. The van der Waals surface area contributed by atoms with Crippen molar-refractivity contribution in [2.45, 2.75) is 12.5 Å². The Bertz CT molecular complexity index is 299. The first-order valence-electron chi connectivity index (χ1n) is 3.80. The molecule has 1 fully saturated rings. The van der Waals surface area contributed by atoms with Crippen LogP contribution in [0.4, 0.5) is 0 Å². The summed E-state index contributed by atoms with van der Waals surface area (Å²) in [5.41, 5.74) is 1.18. The monoisotopic (exact) mass is 225 g/mol. The van der Waals surface area contributed by atoms with Crippen LogP contribution in [0.5, 0.6) is 0 Å². The molecule has 12 heavy (non-hydrogen) atoms. The average molecular weight is 226 g/mol. The predicted octanol–water partition coefficient (Wildman–Crippen LogP) is 2.01. The van der Waals surface area contributed by atoms with Gasteiger partial charge < -0.3 is 5.32 Å². The summed E-state index contributed by atoms with van der Waals surface area (Å²) >= 11 is 3.36. The molecule has 0 saturated carbocycles. The van der Waals surface area contributed by atoms with E-state index in [1.54, 1.807) is 0 Å². The fourth-order valence-corrected chi connectivity index (χ4v) is 1.52. The Morgan fingerprint density at radius 1 is 1.33 bits per heavy atom. The maximum Gasteiger partial charge on any atom is 0.222 e. The van der Waals surface area contributed by atoms with E-state index >= 15 is 0 Å². The van der Waals surface area contributed by atoms with Gasteiger partial charge in [0.2, 0.25) is 5.91 Å². The van der Waals surface area contributed by atoms with E-state index in [2.05, 4.69) is 21.2 Å². The number of nitrogens with one attached hydrogen (secondary N) is 1. The van der Waals surface area contributed by atoms with E-state index in [4.69, 9.17) is 0 Å². The molecule has 1 amide bonds. The van der Waals surface area contributed by atoms with Crippen molar-refractivity contribution in [2.75, 3.05) is 0 Å². The third-order valence-electron chi connectivity index (χ3n) is 2.00. The Labute approximate surface area is 79.1 Å². The number of rotatable bonds is 1. The van der Waals surface area contributed by atoms with Gasteiger partial charge in [0.1, 0.15) is 0 Å². The highest BCUT2D eigenvalue weighted by Gasteiger charge is 2.26. The van der Waals surface area contributed by atoms with E-state index in [0.29, 0.717) is 6.42 Å². The number of benzene rings is 1. The van der Waals surface area contributed by atoms with Crippen LogP contribution >= 0.6 is 15.9 Å². The number of carbonyl (C=O) groups excluding carboxylic acids is 1. The Morgan fingerprint density at radius 3 is 2.42 bits per heavy atom. The number of hydrogen-bond acceptors (Lipinski definition) is 1. The van der Waals surface area contributed by atoms with Gasteiger partial charge in [0.15, 0.2) is 0 Å². The van der Waals surface area contributed by atoms with E-state index in [1.165, 1.54) is 5.56 Å². The predicted molar refractivity (Wildman–Crippen MR) is 49.6 cm³/mol. The van der Waals surface area contributed by atoms with E-state index in [1.807, 2.05) is 24.3 Å². The van der Waals surface area contributed by atoms with Gasteiger partial charge in [-0.3, -0.25) is 4.79 Å². The van der Waals surface area contributed by atoms with E-state index in [-0.39, 0.29) is 11.9 Å². The number of β-lactam (4-membered cyclic amide) rings is 1. The zero-order chi connectivity index (χ0) is 8.55. The molecule has 3 heteroatoms. The molecule has 1 unspecified atom stereocenters. The van der Waals surface area contributed by atoms with E-state index in [0.717, 1.165) is 4.47 Å². The van der Waals surface area contributed by atoms with Crippen molar-refractivity contribution in [1.29, 1.82) is 0 Å². The molecule has 1 N–H and O–H groups in total. The quantitative estimate of drug-likeness (QED) is 0.729. The topological polar surface area (TPSA) is 29.1 Å². The molecule has 1 aliphatic heterocycles. The second-order valence-electron chi connectivity index (χ2n) is 2.88. The summed E-state index contributed by atoms with van der Waals surface area (Å²) < 4.78 is 1.07.